The topological polar surface area (TPSA) is 41.6 Å². The SMILES string of the molecule is CC1CN(C(=O)CC(C)C2CCNCC2)C(C)CO1. The Morgan fingerprint density at radius 2 is 2.05 bits per heavy atom. The van der Waals surface area contributed by atoms with Gasteiger partial charge in [-0.2, -0.15) is 0 Å². The third kappa shape index (κ3) is 3.93. The molecular weight excluding hydrogens is 240 g/mol. The van der Waals surface area contributed by atoms with Crippen LogP contribution in [0.5, 0.6) is 0 Å². The lowest BCUT2D eigenvalue weighted by molar-refractivity contribution is -0.144. The highest BCUT2D eigenvalue weighted by Crippen LogP contribution is 2.25. The number of carbonyl (C=O) groups excluding carboxylic acids is 1. The lowest BCUT2D eigenvalue weighted by Gasteiger charge is -2.38. The summed E-state index contributed by atoms with van der Waals surface area (Å²) < 4.78 is 5.59. The molecule has 4 nitrogen and oxygen atoms in total. The quantitative estimate of drug-likeness (QED) is 0.846. The summed E-state index contributed by atoms with van der Waals surface area (Å²) in [6, 6.07) is 0.226. The monoisotopic (exact) mass is 268 g/mol. The number of piperidine rings is 1. The first-order valence-electron chi connectivity index (χ1n) is 7.69. The van der Waals surface area contributed by atoms with Gasteiger partial charge in [0.25, 0.3) is 0 Å². The van der Waals surface area contributed by atoms with E-state index in [2.05, 4.69) is 19.2 Å². The molecule has 110 valence electrons. The van der Waals surface area contributed by atoms with Gasteiger partial charge in [0, 0.05) is 13.0 Å². The minimum absolute atomic E-state index is 0.175. The van der Waals surface area contributed by atoms with Gasteiger partial charge in [0.05, 0.1) is 18.8 Å². The minimum atomic E-state index is 0.175. The van der Waals surface area contributed by atoms with E-state index in [-0.39, 0.29) is 12.1 Å². The highest BCUT2D eigenvalue weighted by molar-refractivity contribution is 5.77. The maximum Gasteiger partial charge on any atom is 0.223 e. The highest BCUT2D eigenvalue weighted by Gasteiger charge is 2.30. The molecule has 2 aliphatic heterocycles. The van der Waals surface area contributed by atoms with E-state index in [0.29, 0.717) is 30.8 Å². The number of rotatable bonds is 3. The van der Waals surface area contributed by atoms with E-state index in [1.165, 1.54) is 12.8 Å². The molecule has 0 aliphatic carbocycles. The van der Waals surface area contributed by atoms with E-state index in [1.807, 2.05) is 11.8 Å². The number of ether oxygens (including phenoxy) is 1. The fourth-order valence-electron chi connectivity index (χ4n) is 3.22. The molecule has 0 spiro atoms. The van der Waals surface area contributed by atoms with Crippen LogP contribution < -0.4 is 5.32 Å². The summed E-state index contributed by atoms with van der Waals surface area (Å²) in [5, 5.41) is 3.39. The van der Waals surface area contributed by atoms with Crippen molar-refractivity contribution >= 4 is 5.91 Å². The molecule has 0 radical (unpaired) electrons. The van der Waals surface area contributed by atoms with Gasteiger partial charge >= 0.3 is 0 Å². The zero-order valence-electron chi connectivity index (χ0n) is 12.5. The van der Waals surface area contributed by atoms with E-state index in [4.69, 9.17) is 4.74 Å². The van der Waals surface area contributed by atoms with Gasteiger partial charge in [-0.15, -0.1) is 0 Å². The second kappa shape index (κ2) is 6.71. The number of nitrogens with zero attached hydrogens (tertiary/aromatic N) is 1. The van der Waals surface area contributed by atoms with Crippen molar-refractivity contribution in [2.45, 2.75) is 52.2 Å². The van der Waals surface area contributed by atoms with E-state index in [1.54, 1.807) is 0 Å². The normalized spacial score (nSPS) is 31.2. The van der Waals surface area contributed by atoms with Gasteiger partial charge in [0.15, 0.2) is 0 Å². The van der Waals surface area contributed by atoms with Crippen molar-refractivity contribution in [3.63, 3.8) is 0 Å². The Bertz CT molecular complexity index is 303. The summed E-state index contributed by atoms with van der Waals surface area (Å²) in [7, 11) is 0. The molecule has 4 heteroatoms. The number of hydrogen-bond donors (Lipinski definition) is 1. The van der Waals surface area contributed by atoms with Crippen LogP contribution in [0.2, 0.25) is 0 Å². The van der Waals surface area contributed by atoms with Gasteiger partial charge in [0.1, 0.15) is 0 Å². The fourth-order valence-corrected chi connectivity index (χ4v) is 3.22. The van der Waals surface area contributed by atoms with Gasteiger partial charge in [-0.3, -0.25) is 4.79 Å². The standard InChI is InChI=1S/C15H28N2O2/c1-11(14-4-6-16-7-5-14)8-15(18)17-9-13(3)19-10-12(17)2/h11-14,16H,4-10H2,1-3H3. The first-order valence-corrected chi connectivity index (χ1v) is 7.69. The third-order valence-corrected chi connectivity index (χ3v) is 4.61. The third-order valence-electron chi connectivity index (χ3n) is 4.61. The molecular formula is C15H28N2O2. The molecule has 1 amide bonds. The molecule has 3 unspecified atom stereocenters. The summed E-state index contributed by atoms with van der Waals surface area (Å²) in [6.07, 6.45) is 3.30. The summed E-state index contributed by atoms with van der Waals surface area (Å²) in [4.78, 5) is 14.5. The number of carbonyl (C=O) groups is 1. The van der Waals surface area contributed by atoms with Crippen LogP contribution in [0.1, 0.15) is 40.0 Å². The zero-order valence-corrected chi connectivity index (χ0v) is 12.5. The van der Waals surface area contributed by atoms with Gasteiger partial charge in [0.2, 0.25) is 5.91 Å². The van der Waals surface area contributed by atoms with E-state index >= 15 is 0 Å². The molecule has 2 fully saturated rings. The molecule has 0 saturated carbocycles. The summed E-state index contributed by atoms with van der Waals surface area (Å²) in [5.74, 6) is 1.52. The van der Waals surface area contributed by atoms with Gasteiger partial charge in [-0.05, 0) is 51.6 Å². The Morgan fingerprint density at radius 3 is 2.74 bits per heavy atom. The molecule has 2 rings (SSSR count). The molecule has 2 aliphatic rings. The molecule has 2 heterocycles. The summed E-state index contributed by atoms with van der Waals surface area (Å²) >= 11 is 0. The van der Waals surface area contributed by atoms with Crippen LogP contribution >= 0.6 is 0 Å². The van der Waals surface area contributed by atoms with Crippen molar-refractivity contribution in [1.29, 1.82) is 0 Å². The number of hydrogen-bond acceptors (Lipinski definition) is 3. The second-order valence-electron chi connectivity index (χ2n) is 6.31. The molecule has 19 heavy (non-hydrogen) atoms. The van der Waals surface area contributed by atoms with Crippen molar-refractivity contribution in [1.82, 2.24) is 10.2 Å². The first-order chi connectivity index (χ1) is 9.08. The maximum absolute atomic E-state index is 12.5. The Kier molecular flexibility index (Phi) is 5.22. The molecule has 0 bridgehead atoms. The number of amides is 1. The Labute approximate surface area is 116 Å². The van der Waals surface area contributed by atoms with Gasteiger partial charge in [-0.1, -0.05) is 6.92 Å². The van der Waals surface area contributed by atoms with Crippen molar-refractivity contribution < 1.29 is 9.53 Å². The van der Waals surface area contributed by atoms with Crippen molar-refractivity contribution in [3.8, 4) is 0 Å². The van der Waals surface area contributed by atoms with Crippen LogP contribution in [0.3, 0.4) is 0 Å². The maximum atomic E-state index is 12.5. The fraction of sp³-hybridized carbons (Fsp3) is 0.933. The van der Waals surface area contributed by atoms with Crippen LogP contribution in [0.25, 0.3) is 0 Å². The Hall–Kier alpha value is -0.610. The zero-order chi connectivity index (χ0) is 13.8. The Balaban J connectivity index is 1.85. The average Bonchev–Trinajstić information content (AvgIpc) is 2.42. The Morgan fingerprint density at radius 1 is 1.37 bits per heavy atom. The predicted octanol–water partition coefficient (Wildman–Crippen LogP) is 1.65. The molecule has 3 atom stereocenters. The average molecular weight is 268 g/mol. The first kappa shape index (κ1) is 14.8. The van der Waals surface area contributed by atoms with Crippen LogP contribution in [0, 0.1) is 11.8 Å². The number of morpholine rings is 1. The van der Waals surface area contributed by atoms with Crippen LogP contribution in [0.15, 0.2) is 0 Å². The van der Waals surface area contributed by atoms with Crippen LogP contribution in [-0.2, 0) is 9.53 Å². The van der Waals surface area contributed by atoms with Crippen LogP contribution in [0.4, 0.5) is 0 Å². The minimum Gasteiger partial charge on any atom is -0.375 e. The summed E-state index contributed by atoms with van der Waals surface area (Å²) in [6.45, 7) is 10.00. The molecule has 0 aromatic heterocycles. The predicted molar refractivity (Wildman–Crippen MR) is 76.0 cm³/mol. The van der Waals surface area contributed by atoms with E-state index < -0.39 is 0 Å². The lowest BCUT2D eigenvalue weighted by Crippen LogP contribution is -2.50. The second-order valence-corrected chi connectivity index (χ2v) is 6.31. The molecule has 0 aromatic rings. The number of nitrogens with one attached hydrogen (secondary N) is 1. The molecule has 0 aromatic carbocycles. The lowest BCUT2D eigenvalue weighted by atomic mass is 9.84. The highest BCUT2D eigenvalue weighted by atomic mass is 16.5. The summed E-state index contributed by atoms with van der Waals surface area (Å²) in [5.41, 5.74) is 0. The molecule has 1 N–H and O–H groups in total. The van der Waals surface area contributed by atoms with Crippen LogP contribution in [-0.4, -0.2) is 49.2 Å². The molecule has 2 saturated heterocycles. The van der Waals surface area contributed by atoms with E-state index in [0.717, 1.165) is 19.6 Å². The van der Waals surface area contributed by atoms with Crippen molar-refractivity contribution in [2.24, 2.45) is 11.8 Å². The largest absolute Gasteiger partial charge is 0.375 e. The van der Waals surface area contributed by atoms with Crippen molar-refractivity contribution in [3.05, 3.63) is 0 Å². The van der Waals surface area contributed by atoms with E-state index in [9.17, 15) is 4.79 Å². The van der Waals surface area contributed by atoms with Gasteiger partial charge in [-0.25, -0.2) is 0 Å². The van der Waals surface area contributed by atoms with Crippen molar-refractivity contribution in [2.75, 3.05) is 26.2 Å². The smallest absolute Gasteiger partial charge is 0.223 e. The van der Waals surface area contributed by atoms with Gasteiger partial charge < -0.3 is 15.0 Å².